The summed E-state index contributed by atoms with van der Waals surface area (Å²) < 4.78 is 27.0. The van der Waals surface area contributed by atoms with Crippen LogP contribution in [0, 0.1) is 6.92 Å². The van der Waals surface area contributed by atoms with E-state index in [0.29, 0.717) is 13.1 Å². The number of nitrogens with zero attached hydrogens (tertiary/aromatic N) is 1. The smallest absolute Gasteiger partial charge is 0.336 e. The largest absolute Gasteiger partial charge is 0.478 e. The van der Waals surface area contributed by atoms with Crippen LogP contribution >= 0.6 is 11.6 Å². The molecule has 0 amide bonds. The van der Waals surface area contributed by atoms with Crippen molar-refractivity contribution in [1.82, 2.24) is 4.31 Å². The standard InChI is InChI=1S/C14H18ClNO4S/c1-10-12(14(17)18)8-11(15)9-13(10)21(19,20)16-6-4-2-3-5-7-16/h8-9H,2-7H2,1H3,(H,17,18). The molecular formula is C14H18ClNO4S. The summed E-state index contributed by atoms with van der Waals surface area (Å²) in [6.45, 7) is 2.44. The Hall–Kier alpha value is -1.11. The first-order valence-electron chi connectivity index (χ1n) is 6.87. The normalized spacial score (nSPS) is 17.4. The first-order valence-corrected chi connectivity index (χ1v) is 8.69. The fourth-order valence-corrected chi connectivity index (χ4v) is 4.64. The molecule has 7 heteroatoms. The molecule has 0 atom stereocenters. The topological polar surface area (TPSA) is 74.7 Å². The number of aromatic carboxylic acids is 1. The Kier molecular flexibility index (Phi) is 4.91. The Morgan fingerprint density at radius 2 is 1.76 bits per heavy atom. The zero-order valence-electron chi connectivity index (χ0n) is 11.8. The van der Waals surface area contributed by atoms with Crippen LogP contribution < -0.4 is 0 Å². The number of carboxylic acids is 1. The third-order valence-corrected chi connectivity index (χ3v) is 5.98. The number of hydrogen-bond donors (Lipinski definition) is 1. The van der Waals surface area contributed by atoms with E-state index in [2.05, 4.69) is 0 Å². The molecule has 2 rings (SSSR count). The van der Waals surface area contributed by atoms with Gasteiger partial charge in [0.15, 0.2) is 0 Å². The summed E-state index contributed by atoms with van der Waals surface area (Å²) >= 11 is 5.90. The number of carboxylic acid groups (broad SMARTS) is 1. The van der Waals surface area contributed by atoms with Gasteiger partial charge in [0.1, 0.15) is 0 Å². The van der Waals surface area contributed by atoms with Crippen LogP contribution in [0.1, 0.15) is 41.6 Å². The van der Waals surface area contributed by atoms with Crippen LogP contribution in [-0.4, -0.2) is 36.9 Å². The molecule has 1 heterocycles. The Morgan fingerprint density at radius 1 is 1.19 bits per heavy atom. The van der Waals surface area contributed by atoms with Crippen molar-refractivity contribution in [3.63, 3.8) is 0 Å². The van der Waals surface area contributed by atoms with E-state index in [1.807, 2.05) is 0 Å². The lowest BCUT2D eigenvalue weighted by Crippen LogP contribution is -2.32. The number of halogens is 1. The second kappa shape index (κ2) is 6.34. The third-order valence-electron chi connectivity index (χ3n) is 3.74. The third kappa shape index (κ3) is 3.39. The lowest BCUT2D eigenvalue weighted by atomic mass is 10.1. The molecule has 0 saturated carbocycles. The van der Waals surface area contributed by atoms with Gasteiger partial charge in [-0.3, -0.25) is 0 Å². The molecule has 116 valence electrons. The Bertz CT molecular complexity index is 649. The minimum absolute atomic E-state index is 0.00528. The van der Waals surface area contributed by atoms with Gasteiger partial charge in [0.05, 0.1) is 10.5 Å². The molecule has 5 nitrogen and oxygen atoms in total. The van der Waals surface area contributed by atoms with Crippen LogP contribution in [0.4, 0.5) is 0 Å². The van der Waals surface area contributed by atoms with E-state index in [1.54, 1.807) is 0 Å². The molecule has 0 unspecified atom stereocenters. The zero-order chi connectivity index (χ0) is 15.6. The first kappa shape index (κ1) is 16.3. The molecule has 1 aromatic rings. The van der Waals surface area contributed by atoms with Crippen LogP contribution in [0.2, 0.25) is 5.02 Å². The molecule has 1 aliphatic rings. The fourth-order valence-electron chi connectivity index (χ4n) is 2.57. The number of rotatable bonds is 3. The van der Waals surface area contributed by atoms with Crippen molar-refractivity contribution in [2.45, 2.75) is 37.5 Å². The molecule has 1 saturated heterocycles. The maximum atomic E-state index is 12.8. The van der Waals surface area contributed by atoms with Gasteiger partial charge in [-0.1, -0.05) is 24.4 Å². The van der Waals surface area contributed by atoms with Crippen molar-refractivity contribution in [1.29, 1.82) is 0 Å². The van der Waals surface area contributed by atoms with Gasteiger partial charge in [0.2, 0.25) is 10.0 Å². The van der Waals surface area contributed by atoms with E-state index in [0.717, 1.165) is 25.7 Å². The quantitative estimate of drug-likeness (QED) is 0.924. The highest BCUT2D eigenvalue weighted by atomic mass is 35.5. The Labute approximate surface area is 129 Å². The zero-order valence-corrected chi connectivity index (χ0v) is 13.4. The second-order valence-electron chi connectivity index (χ2n) is 5.20. The maximum Gasteiger partial charge on any atom is 0.336 e. The molecule has 0 bridgehead atoms. The highest BCUT2D eigenvalue weighted by Crippen LogP contribution is 2.28. The summed E-state index contributed by atoms with van der Waals surface area (Å²) in [7, 11) is -3.71. The predicted octanol–water partition coefficient (Wildman–Crippen LogP) is 2.91. The van der Waals surface area contributed by atoms with E-state index in [9.17, 15) is 13.2 Å². The van der Waals surface area contributed by atoms with Crippen LogP contribution in [0.25, 0.3) is 0 Å². The predicted molar refractivity (Wildman–Crippen MR) is 80.4 cm³/mol. The molecule has 0 spiro atoms. The molecular weight excluding hydrogens is 314 g/mol. The average molecular weight is 332 g/mol. The van der Waals surface area contributed by atoms with E-state index in [4.69, 9.17) is 16.7 Å². The molecule has 1 aromatic carbocycles. The van der Waals surface area contributed by atoms with Gasteiger partial charge in [-0.25, -0.2) is 13.2 Å². The molecule has 0 aliphatic carbocycles. The molecule has 1 N–H and O–H groups in total. The molecule has 21 heavy (non-hydrogen) atoms. The fraction of sp³-hybridized carbons (Fsp3) is 0.500. The van der Waals surface area contributed by atoms with Crippen LogP contribution in [0.15, 0.2) is 17.0 Å². The van der Waals surface area contributed by atoms with E-state index in [-0.39, 0.29) is 21.0 Å². The summed E-state index contributed by atoms with van der Waals surface area (Å²) in [4.78, 5) is 11.2. The highest BCUT2D eigenvalue weighted by molar-refractivity contribution is 7.89. The Balaban J connectivity index is 2.51. The van der Waals surface area contributed by atoms with Gasteiger partial charge in [-0.05, 0) is 37.5 Å². The minimum atomic E-state index is -3.71. The summed E-state index contributed by atoms with van der Waals surface area (Å²) in [6, 6.07) is 2.62. The second-order valence-corrected chi connectivity index (χ2v) is 7.54. The van der Waals surface area contributed by atoms with Crippen molar-refractivity contribution >= 4 is 27.6 Å². The average Bonchev–Trinajstić information content (AvgIpc) is 2.70. The summed E-state index contributed by atoms with van der Waals surface area (Å²) in [5.41, 5.74) is 0.159. The monoisotopic (exact) mass is 331 g/mol. The van der Waals surface area contributed by atoms with Crippen molar-refractivity contribution in [3.8, 4) is 0 Å². The molecule has 0 radical (unpaired) electrons. The van der Waals surface area contributed by atoms with Gasteiger partial charge in [0, 0.05) is 18.1 Å². The van der Waals surface area contributed by atoms with Crippen molar-refractivity contribution in [3.05, 3.63) is 28.3 Å². The van der Waals surface area contributed by atoms with Gasteiger partial charge < -0.3 is 5.11 Å². The van der Waals surface area contributed by atoms with Crippen LogP contribution in [0.3, 0.4) is 0 Å². The lowest BCUT2D eigenvalue weighted by Gasteiger charge is -2.21. The highest BCUT2D eigenvalue weighted by Gasteiger charge is 2.28. The van der Waals surface area contributed by atoms with Crippen LogP contribution in [0.5, 0.6) is 0 Å². The SMILES string of the molecule is Cc1c(C(=O)O)cc(Cl)cc1S(=O)(=O)N1CCCCCC1. The summed E-state index contributed by atoms with van der Waals surface area (Å²) in [5.74, 6) is -1.18. The van der Waals surface area contributed by atoms with Gasteiger partial charge >= 0.3 is 5.97 Å². The van der Waals surface area contributed by atoms with Gasteiger partial charge in [0.25, 0.3) is 0 Å². The summed E-state index contributed by atoms with van der Waals surface area (Å²) in [5, 5.41) is 9.29. The minimum Gasteiger partial charge on any atom is -0.478 e. The van der Waals surface area contributed by atoms with E-state index >= 15 is 0 Å². The number of sulfonamides is 1. The Morgan fingerprint density at radius 3 is 2.29 bits per heavy atom. The van der Waals surface area contributed by atoms with E-state index < -0.39 is 16.0 Å². The van der Waals surface area contributed by atoms with Gasteiger partial charge in [-0.2, -0.15) is 4.31 Å². The molecule has 1 fully saturated rings. The number of carbonyl (C=O) groups is 1. The maximum absolute atomic E-state index is 12.8. The molecule has 0 aromatic heterocycles. The van der Waals surface area contributed by atoms with E-state index in [1.165, 1.54) is 23.4 Å². The van der Waals surface area contributed by atoms with Crippen molar-refractivity contribution in [2.75, 3.05) is 13.1 Å². The number of benzene rings is 1. The van der Waals surface area contributed by atoms with Gasteiger partial charge in [-0.15, -0.1) is 0 Å². The number of hydrogen-bond acceptors (Lipinski definition) is 3. The molecule has 1 aliphatic heterocycles. The lowest BCUT2D eigenvalue weighted by molar-refractivity contribution is 0.0696. The first-order chi connectivity index (χ1) is 9.84. The van der Waals surface area contributed by atoms with Crippen molar-refractivity contribution < 1.29 is 18.3 Å². The van der Waals surface area contributed by atoms with Crippen molar-refractivity contribution in [2.24, 2.45) is 0 Å². The summed E-state index contributed by atoms with van der Waals surface area (Å²) in [6.07, 6.45) is 3.68. The van der Waals surface area contributed by atoms with Crippen LogP contribution in [-0.2, 0) is 10.0 Å².